The first-order chi connectivity index (χ1) is 13.8. The van der Waals surface area contributed by atoms with Gasteiger partial charge in [-0.25, -0.2) is 9.37 Å². The van der Waals surface area contributed by atoms with Crippen molar-refractivity contribution in [1.82, 2.24) is 9.97 Å². The monoisotopic (exact) mass is 401 g/mol. The standard InChI is InChI=1S/C19H24FN7O2/c1-10(28)24-11-6-12(9-23-8-11)25-18-13(17(22)29)7-14(20)19(27-18)26-16-5-3-2-4-15(16)21/h6-9,15-16H,2-5,21H2,1H3,(H2,22,29)(H,24,28)(H2,25,26,27)/t15-,16+/m0/s1. The Labute approximate surface area is 167 Å². The predicted molar refractivity (Wildman–Crippen MR) is 108 cm³/mol. The Kier molecular flexibility index (Phi) is 6.23. The van der Waals surface area contributed by atoms with Crippen LogP contribution in [0.3, 0.4) is 0 Å². The second-order valence-corrected chi connectivity index (χ2v) is 7.05. The Bertz CT molecular complexity index is 921. The fourth-order valence-electron chi connectivity index (χ4n) is 3.30. The minimum absolute atomic E-state index is 0.00850. The smallest absolute Gasteiger partial charge is 0.252 e. The van der Waals surface area contributed by atoms with Crippen molar-refractivity contribution in [2.24, 2.45) is 11.5 Å². The van der Waals surface area contributed by atoms with Crippen LogP contribution in [0.15, 0.2) is 24.5 Å². The zero-order chi connectivity index (χ0) is 21.0. The topological polar surface area (TPSA) is 148 Å². The molecule has 1 fully saturated rings. The van der Waals surface area contributed by atoms with E-state index in [0.29, 0.717) is 11.4 Å². The van der Waals surface area contributed by atoms with Crippen LogP contribution in [0.5, 0.6) is 0 Å². The van der Waals surface area contributed by atoms with Gasteiger partial charge in [0.2, 0.25) is 5.91 Å². The zero-order valence-electron chi connectivity index (χ0n) is 16.0. The second-order valence-electron chi connectivity index (χ2n) is 7.05. The molecule has 10 heteroatoms. The fraction of sp³-hybridized carbons (Fsp3) is 0.368. The average molecular weight is 401 g/mol. The van der Waals surface area contributed by atoms with E-state index in [1.54, 1.807) is 6.07 Å². The molecule has 2 aromatic rings. The van der Waals surface area contributed by atoms with Gasteiger partial charge in [0.25, 0.3) is 5.91 Å². The number of nitrogens with two attached hydrogens (primary N) is 2. The Hall–Kier alpha value is -3.27. The van der Waals surface area contributed by atoms with Crippen LogP contribution in [-0.4, -0.2) is 33.9 Å². The summed E-state index contributed by atoms with van der Waals surface area (Å²) in [5.74, 6) is -1.70. The van der Waals surface area contributed by atoms with Gasteiger partial charge in [0.1, 0.15) is 5.82 Å². The molecule has 2 amide bonds. The normalized spacial score (nSPS) is 18.7. The number of hydrogen-bond donors (Lipinski definition) is 5. The molecule has 1 saturated carbocycles. The minimum Gasteiger partial charge on any atom is -0.365 e. The number of halogens is 1. The molecule has 0 bridgehead atoms. The van der Waals surface area contributed by atoms with E-state index < -0.39 is 11.7 Å². The molecule has 1 aliphatic carbocycles. The number of carbonyl (C=O) groups is 2. The molecular formula is C19H24FN7O2. The van der Waals surface area contributed by atoms with Gasteiger partial charge in [-0.15, -0.1) is 0 Å². The first-order valence-electron chi connectivity index (χ1n) is 9.35. The van der Waals surface area contributed by atoms with Crippen molar-refractivity contribution in [1.29, 1.82) is 0 Å². The molecule has 0 spiro atoms. The summed E-state index contributed by atoms with van der Waals surface area (Å²) in [6.45, 7) is 1.38. The molecule has 9 nitrogen and oxygen atoms in total. The molecular weight excluding hydrogens is 377 g/mol. The Morgan fingerprint density at radius 3 is 2.55 bits per heavy atom. The number of rotatable bonds is 6. The number of hydrogen-bond acceptors (Lipinski definition) is 7. The van der Waals surface area contributed by atoms with E-state index >= 15 is 0 Å². The van der Waals surface area contributed by atoms with Crippen molar-refractivity contribution in [2.45, 2.75) is 44.7 Å². The highest BCUT2D eigenvalue weighted by Crippen LogP contribution is 2.27. The van der Waals surface area contributed by atoms with Crippen LogP contribution in [0.4, 0.5) is 27.4 Å². The Morgan fingerprint density at radius 1 is 1.14 bits per heavy atom. The van der Waals surface area contributed by atoms with Gasteiger partial charge in [0.05, 0.1) is 29.3 Å². The van der Waals surface area contributed by atoms with Gasteiger partial charge in [-0.3, -0.25) is 14.6 Å². The second kappa shape index (κ2) is 8.82. The quantitative estimate of drug-likeness (QED) is 0.498. The van der Waals surface area contributed by atoms with Crippen molar-refractivity contribution < 1.29 is 14.0 Å². The SMILES string of the molecule is CC(=O)Nc1cncc(Nc2nc(N[C@@H]3CCCC[C@@H]3N)c(F)cc2C(N)=O)c1. The van der Waals surface area contributed by atoms with Gasteiger partial charge in [0.15, 0.2) is 11.6 Å². The number of nitrogens with zero attached hydrogens (tertiary/aromatic N) is 2. The molecule has 0 unspecified atom stereocenters. The lowest BCUT2D eigenvalue weighted by atomic mass is 9.91. The molecule has 2 atom stereocenters. The van der Waals surface area contributed by atoms with Crippen molar-refractivity contribution in [3.05, 3.63) is 35.9 Å². The number of carbonyl (C=O) groups excluding carboxylic acids is 2. The van der Waals surface area contributed by atoms with Crippen LogP contribution in [0.2, 0.25) is 0 Å². The Morgan fingerprint density at radius 2 is 1.86 bits per heavy atom. The Balaban J connectivity index is 1.90. The fourth-order valence-corrected chi connectivity index (χ4v) is 3.30. The number of aromatic nitrogens is 2. The number of primary amides is 1. The maximum Gasteiger partial charge on any atom is 0.252 e. The van der Waals surface area contributed by atoms with Crippen LogP contribution in [0, 0.1) is 5.82 Å². The van der Waals surface area contributed by atoms with Gasteiger partial charge in [-0.05, 0) is 25.0 Å². The maximum atomic E-state index is 14.6. The van der Waals surface area contributed by atoms with E-state index in [0.717, 1.165) is 31.7 Å². The molecule has 1 aliphatic rings. The van der Waals surface area contributed by atoms with Crippen LogP contribution in [0.1, 0.15) is 43.0 Å². The van der Waals surface area contributed by atoms with E-state index in [4.69, 9.17) is 11.5 Å². The van der Waals surface area contributed by atoms with E-state index in [1.807, 2.05) is 0 Å². The third-order valence-corrected chi connectivity index (χ3v) is 4.70. The van der Waals surface area contributed by atoms with Crippen LogP contribution >= 0.6 is 0 Å². The lowest BCUT2D eigenvalue weighted by Gasteiger charge is -2.30. The van der Waals surface area contributed by atoms with Gasteiger partial charge >= 0.3 is 0 Å². The lowest BCUT2D eigenvalue weighted by molar-refractivity contribution is -0.114. The predicted octanol–water partition coefficient (Wildman–Crippen LogP) is 2.10. The third-order valence-electron chi connectivity index (χ3n) is 4.70. The molecule has 7 N–H and O–H groups in total. The summed E-state index contributed by atoms with van der Waals surface area (Å²) in [5.41, 5.74) is 12.3. The summed E-state index contributed by atoms with van der Waals surface area (Å²) in [6.07, 6.45) is 6.65. The summed E-state index contributed by atoms with van der Waals surface area (Å²) in [4.78, 5) is 31.3. The van der Waals surface area contributed by atoms with Gasteiger partial charge in [-0.1, -0.05) is 12.8 Å². The molecule has 0 aromatic carbocycles. The van der Waals surface area contributed by atoms with Crippen molar-refractivity contribution in [2.75, 3.05) is 16.0 Å². The number of nitrogens with one attached hydrogen (secondary N) is 3. The summed E-state index contributed by atoms with van der Waals surface area (Å²) in [6, 6.07) is 2.44. The van der Waals surface area contributed by atoms with E-state index in [9.17, 15) is 14.0 Å². The van der Waals surface area contributed by atoms with Crippen molar-refractivity contribution in [3.8, 4) is 0 Å². The molecule has 0 aliphatic heterocycles. The molecule has 2 aromatic heterocycles. The molecule has 2 heterocycles. The van der Waals surface area contributed by atoms with Gasteiger partial charge < -0.3 is 27.4 Å². The average Bonchev–Trinajstić information content (AvgIpc) is 2.65. The molecule has 29 heavy (non-hydrogen) atoms. The van der Waals surface area contributed by atoms with E-state index in [2.05, 4.69) is 25.9 Å². The zero-order valence-corrected chi connectivity index (χ0v) is 16.0. The summed E-state index contributed by atoms with van der Waals surface area (Å²) >= 11 is 0. The number of amides is 2. The molecule has 3 rings (SSSR count). The summed E-state index contributed by atoms with van der Waals surface area (Å²) in [7, 11) is 0. The first-order valence-corrected chi connectivity index (χ1v) is 9.35. The van der Waals surface area contributed by atoms with E-state index in [1.165, 1.54) is 19.3 Å². The third kappa shape index (κ3) is 5.17. The summed E-state index contributed by atoms with van der Waals surface area (Å²) < 4.78 is 14.6. The number of pyridine rings is 2. The van der Waals surface area contributed by atoms with Crippen LogP contribution in [-0.2, 0) is 4.79 Å². The lowest BCUT2D eigenvalue weighted by Crippen LogP contribution is -2.43. The summed E-state index contributed by atoms with van der Waals surface area (Å²) in [5, 5.41) is 8.58. The van der Waals surface area contributed by atoms with Crippen molar-refractivity contribution >= 4 is 34.8 Å². The molecule has 154 valence electrons. The van der Waals surface area contributed by atoms with E-state index in [-0.39, 0.29) is 35.2 Å². The highest BCUT2D eigenvalue weighted by atomic mass is 19.1. The highest BCUT2D eigenvalue weighted by Gasteiger charge is 2.24. The van der Waals surface area contributed by atoms with Gasteiger partial charge in [-0.2, -0.15) is 0 Å². The van der Waals surface area contributed by atoms with Crippen LogP contribution < -0.4 is 27.4 Å². The minimum atomic E-state index is -0.828. The molecule has 0 radical (unpaired) electrons. The van der Waals surface area contributed by atoms with Crippen molar-refractivity contribution in [3.63, 3.8) is 0 Å². The number of anilines is 4. The maximum absolute atomic E-state index is 14.6. The van der Waals surface area contributed by atoms with Gasteiger partial charge in [0, 0.05) is 19.0 Å². The molecule has 0 saturated heterocycles. The highest BCUT2D eigenvalue weighted by molar-refractivity contribution is 5.98. The first kappa shape index (κ1) is 20.5. The largest absolute Gasteiger partial charge is 0.365 e. The van der Waals surface area contributed by atoms with Crippen LogP contribution in [0.25, 0.3) is 0 Å².